The molecule has 2 aromatic carbocycles. The number of carbonyl (C=O) groups excluding carboxylic acids is 1. The molecule has 5 heteroatoms. The lowest BCUT2D eigenvalue weighted by molar-refractivity contribution is 0.0695. The first-order chi connectivity index (χ1) is 13.6. The molecule has 1 saturated heterocycles. The fourth-order valence-electron chi connectivity index (χ4n) is 4.54. The summed E-state index contributed by atoms with van der Waals surface area (Å²) in [5.74, 6) is 1.35. The maximum Gasteiger partial charge on any atom is 0.270 e. The third-order valence-corrected chi connectivity index (χ3v) is 5.98. The molecule has 142 valence electrons. The number of rotatable bonds is 2. The van der Waals surface area contributed by atoms with E-state index in [0.29, 0.717) is 6.54 Å². The number of likely N-dealkylation sites (tertiary alicyclic amines) is 1. The Hall–Kier alpha value is -3.08. The molecule has 1 fully saturated rings. The average molecular weight is 372 g/mol. The first-order valence-corrected chi connectivity index (χ1v) is 9.91. The van der Waals surface area contributed by atoms with Gasteiger partial charge in [-0.15, -0.1) is 0 Å². The summed E-state index contributed by atoms with van der Waals surface area (Å²) in [4.78, 5) is 23.5. The van der Waals surface area contributed by atoms with Gasteiger partial charge in [0.05, 0.1) is 16.6 Å². The van der Waals surface area contributed by atoms with Crippen LogP contribution < -0.4 is 0 Å². The zero-order valence-corrected chi connectivity index (χ0v) is 16.3. The maximum absolute atomic E-state index is 13.3. The molecule has 0 radical (unpaired) electrons. The van der Waals surface area contributed by atoms with E-state index in [1.807, 2.05) is 46.8 Å². The number of benzene rings is 2. The van der Waals surface area contributed by atoms with E-state index in [1.54, 1.807) is 0 Å². The highest BCUT2D eigenvalue weighted by atomic mass is 16.2. The van der Waals surface area contributed by atoms with Crippen LogP contribution in [-0.4, -0.2) is 38.4 Å². The molecular formula is C23H24N4O. The van der Waals surface area contributed by atoms with E-state index >= 15 is 0 Å². The van der Waals surface area contributed by atoms with E-state index in [0.717, 1.165) is 52.8 Å². The Balaban J connectivity index is 1.44. The van der Waals surface area contributed by atoms with Crippen molar-refractivity contribution in [1.29, 1.82) is 0 Å². The molecule has 0 bridgehead atoms. The van der Waals surface area contributed by atoms with Gasteiger partial charge in [0.2, 0.25) is 0 Å². The second-order valence-electron chi connectivity index (χ2n) is 7.83. The third kappa shape index (κ3) is 2.70. The number of hydrogen-bond donors (Lipinski definition) is 1. The lowest BCUT2D eigenvalue weighted by atomic mass is 9.97. The van der Waals surface area contributed by atoms with Crippen LogP contribution in [0.1, 0.15) is 40.6 Å². The summed E-state index contributed by atoms with van der Waals surface area (Å²) in [6, 6.07) is 16.3. The summed E-state index contributed by atoms with van der Waals surface area (Å²) in [7, 11) is 1.99. The smallest absolute Gasteiger partial charge is 0.270 e. The standard InChI is InChI=1S/C23H24N4O/c1-15-7-5-8-16-13-20(26(2)21(15)16)23(28)27-12-6-9-17(14-27)22-24-18-10-3-4-11-19(18)25-22/h3-5,7-8,10-11,13,17H,6,9,12,14H2,1-2H3,(H,24,25)/t17-/m1/s1. The van der Waals surface area contributed by atoms with Crippen molar-refractivity contribution in [2.75, 3.05) is 13.1 Å². The lowest BCUT2D eigenvalue weighted by Gasteiger charge is -2.32. The summed E-state index contributed by atoms with van der Waals surface area (Å²) >= 11 is 0. The molecule has 3 heterocycles. The summed E-state index contributed by atoms with van der Waals surface area (Å²) in [6.07, 6.45) is 2.05. The number of para-hydroxylation sites is 3. The number of fused-ring (bicyclic) bond motifs is 2. The number of imidazole rings is 1. The van der Waals surface area contributed by atoms with Crippen molar-refractivity contribution < 1.29 is 4.79 Å². The van der Waals surface area contributed by atoms with Gasteiger partial charge >= 0.3 is 0 Å². The van der Waals surface area contributed by atoms with E-state index in [2.05, 4.69) is 30.1 Å². The molecule has 4 aromatic rings. The van der Waals surface area contributed by atoms with Crippen molar-refractivity contribution in [2.45, 2.75) is 25.7 Å². The number of aromatic nitrogens is 3. The molecule has 5 nitrogen and oxygen atoms in total. The van der Waals surface area contributed by atoms with Crippen molar-refractivity contribution >= 4 is 27.8 Å². The van der Waals surface area contributed by atoms with Gasteiger partial charge in [0.15, 0.2) is 0 Å². The van der Waals surface area contributed by atoms with Crippen LogP contribution in [0.2, 0.25) is 0 Å². The Morgan fingerprint density at radius 1 is 1.18 bits per heavy atom. The number of aryl methyl sites for hydroxylation is 2. The first-order valence-electron chi connectivity index (χ1n) is 9.91. The van der Waals surface area contributed by atoms with Crippen LogP contribution in [0.15, 0.2) is 48.5 Å². The molecule has 1 aliphatic rings. The molecule has 5 rings (SSSR count). The number of carbonyl (C=O) groups is 1. The molecule has 1 aliphatic heterocycles. The second kappa shape index (κ2) is 6.51. The number of piperidine rings is 1. The van der Waals surface area contributed by atoms with Crippen molar-refractivity contribution in [2.24, 2.45) is 7.05 Å². The fourth-order valence-corrected chi connectivity index (χ4v) is 4.54. The highest BCUT2D eigenvalue weighted by Gasteiger charge is 2.29. The molecule has 0 spiro atoms. The molecule has 0 aliphatic carbocycles. The number of nitrogens with zero attached hydrogens (tertiary/aromatic N) is 3. The van der Waals surface area contributed by atoms with Gasteiger partial charge in [-0.1, -0.05) is 30.3 Å². The van der Waals surface area contributed by atoms with Crippen LogP contribution in [0.3, 0.4) is 0 Å². The Morgan fingerprint density at radius 3 is 2.86 bits per heavy atom. The summed E-state index contributed by atoms with van der Waals surface area (Å²) < 4.78 is 2.04. The van der Waals surface area contributed by atoms with Gasteiger partial charge in [0.25, 0.3) is 5.91 Å². The van der Waals surface area contributed by atoms with Crippen LogP contribution in [-0.2, 0) is 7.05 Å². The number of nitrogens with one attached hydrogen (secondary N) is 1. The fraction of sp³-hybridized carbons (Fsp3) is 0.304. The zero-order chi connectivity index (χ0) is 19.3. The van der Waals surface area contributed by atoms with Gasteiger partial charge in [-0.25, -0.2) is 4.98 Å². The van der Waals surface area contributed by atoms with Gasteiger partial charge in [-0.3, -0.25) is 4.79 Å². The van der Waals surface area contributed by atoms with Crippen LogP contribution in [0, 0.1) is 6.92 Å². The van der Waals surface area contributed by atoms with Crippen LogP contribution in [0.25, 0.3) is 21.9 Å². The van der Waals surface area contributed by atoms with E-state index in [4.69, 9.17) is 4.98 Å². The molecule has 1 N–H and O–H groups in total. The van der Waals surface area contributed by atoms with E-state index in [-0.39, 0.29) is 11.8 Å². The zero-order valence-electron chi connectivity index (χ0n) is 16.3. The minimum atomic E-state index is 0.110. The molecule has 1 amide bonds. The highest BCUT2D eigenvalue weighted by Crippen LogP contribution is 2.29. The number of H-pyrrole nitrogens is 1. The van der Waals surface area contributed by atoms with Crippen molar-refractivity contribution in [3.05, 3.63) is 65.6 Å². The number of aromatic amines is 1. The largest absolute Gasteiger partial charge is 0.342 e. The predicted molar refractivity (Wildman–Crippen MR) is 112 cm³/mol. The Morgan fingerprint density at radius 2 is 2.04 bits per heavy atom. The van der Waals surface area contributed by atoms with E-state index in [1.165, 1.54) is 5.56 Å². The average Bonchev–Trinajstić information content (AvgIpc) is 3.30. The molecule has 1 atom stereocenters. The van der Waals surface area contributed by atoms with Gasteiger partial charge in [-0.05, 0) is 43.5 Å². The van der Waals surface area contributed by atoms with Gasteiger partial charge in [0.1, 0.15) is 11.5 Å². The molecule has 28 heavy (non-hydrogen) atoms. The van der Waals surface area contributed by atoms with Gasteiger partial charge in [-0.2, -0.15) is 0 Å². The molecule has 2 aromatic heterocycles. The van der Waals surface area contributed by atoms with E-state index in [9.17, 15) is 4.79 Å². The third-order valence-electron chi connectivity index (χ3n) is 5.98. The number of hydrogen-bond acceptors (Lipinski definition) is 2. The monoisotopic (exact) mass is 372 g/mol. The highest BCUT2D eigenvalue weighted by molar-refractivity contribution is 5.99. The normalized spacial score (nSPS) is 17.5. The Kier molecular flexibility index (Phi) is 3.97. The topological polar surface area (TPSA) is 53.9 Å². The van der Waals surface area contributed by atoms with E-state index < -0.39 is 0 Å². The lowest BCUT2D eigenvalue weighted by Crippen LogP contribution is -2.40. The van der Waals surface area contributed by atoms with Gasteiger partial charge in [0, 0.05) is 31.4 Å². The van der Waals surface area contributed by atoms with Crippen LogP contribution >= 0.6 is 0 Å². The Bertz CT molecular complexity index is 1150. The molecule has 0 unspecified atom stereocenters. The summed E-state index contributed by atoms with van der Waals surface area (Å²) in [5.41, 5.74) is 5.14. The van der Waals surface area contributed by atoms with Crippen molar-refractivity contribution in [3.63, 3.8) is 0 Å². The molecular weight excluding hydrogens is 348 g/mol. The number of amides is 1. The minimum absolute atomic E-state index is 0.110. The van der Waals surface area contributed by atoms with Gasteiger partial charge < -0.3 is 14.5 Å². The quantitative estimate of drug-likeness (QED) is 0.568. The first kappa shape index (κ1) is 17.0. The predicted octanol–water partition coefficient (Wildman–Crippen LogP) is 4.38. The van der Waals surface area contributed by atoms with Crippen LogP contribution in [0.4, 0.5) is 0 Å². The SMILES string of the molecule is Cc1cccc2cc(C(=O)N3CCC[C@@H](c4nc5ccccc5[nH]4)C3)n(C)c12. The van der Waals surface area contributed by atoms with Crippen molar-refractivity contribution in [1.82, 2.24) is 19.4 Å². The minimum Gasteiger partial charge on any atom is -0.342 e. The second-order valence-corrected chi connectivity index (χ2v) is 7.83. The summed E-state index contributed by atoms with van der Waals surface area (Å²) in [5, 5.41) is 1.12. The summed E-state index contributed by atoms with van der Waals surface area (Å²) in [6.45, 7) is 3.60. The molecule has 0 saturated carbocycles. The Labute approximate surface area is 164 Å². The van der Waals surface area contributed by atoms with Crippen molar-refractivity contribution in [3.8, 4) is 0 Å². The maximum atomic E-state index is 13.3. The van der Waals surface area contributed by atoms with Crippen LogP contribution in [0.5, 0.6) is 0 Å².